The maximum atomic E-state index is 12.0. The van der Waals surface area contributed by atoms with Gasteiger partial charge in [-0.25, -0.2) is 9.78 Å². The molecule has 0 atom stereocenters. The third-order valence-electron chi connectivity index (χ3n) is 4.31. The van der Waals surface area contributed by atoms with Gasteiger partial charge in [0.25, 0.3) is 0 Å². The van der Waals surface area contributed by atoms with Crippen molar-refractivity contribution in [3.05, 3.63) is 47.8 Å². The third kappa shape index (κ3) is 7.10. The summed E-state index contributed by atoms with van der Waals surface area (Å²) < 4.78 is 0. The molecule has 0 saturated carbocycles. The van der Waals surface area contributed by atoms with E-state index in [1.807, 2.05) is 0 Å². The molecule has 0 bridgehead atoms. The number of hydrogen-bond donors (Lipinski definition) is 4. The molecule has 0 aliphatic carbocycles. The molecular formula is C21H24N2O6. The minimum Gasteiger partial charge on any atom is -0.477 e. The molecule has 0 aliphatic rings. The SMILES string of the molecule is O=CCCCCCCC(=O)Nc1ccc(-c2cc(C(=O)O)nc(C(O)O)c2)cc1. The lowest BCUT2D eigenvalue weighted by atomic mass is 10.0. The lowest BCUT2D eigenvalue weighted by molar-refractivity contribution is -0.116. The summed E-state index contributed by atoms with van der Waals surface area (Å²) in [5.74, 6) is -1.38. The van der Waals surface area contributed by atoms with E-state index < -0.39 is 12.3 Å². The Hall–Kier alpha value is -3.10. The summed E-state index contributed by atoms with van der Waals surface area (Å²) in [6, 6.07) is 9.51. The molecule has 8 nitrogen and oxygen atoms in total. The molecule has 2 aromatic rings. The van der Waals surface area contributed by atoms with E-state index in [0.29, 0.717) is 29.7 Å². The van der Waals surface area contributed by atoms with Crippen molar-refractivity contribution < 1.29 is 29.7 Å². The van der Waals surface area contributed by atoms with E-state index in [0.717, 1.165) is 32.0 Å². The van der Waals surface area contributed by atoms with E-state index >= 15 is 0 Å². The Morgan fingerprint density at radius 2 is 1.69 bits per heavy atom. The Balaban J connectivity index is 1.98. The highest BCUT2D eigenvalue weighted by Gasteiger charge is 2.14. The topological polar surface area (TPSA) is 137 Å². The van der Waals surface area contributed by atoms with Gasteiger partial charge in [0, 0.05) is 18.5 Å². The zero-order valence-corrected chi connectivity index (χ0v) is 15.9. The van der Waals surface area contributed by atoms with E-state index in [4.69, 9.17) is 5.11 Å². The Morgan fingerprint density at radius 1 is 1.00 bits per heavy atom. The smallest absolute Gasteiger partial charge is 0.354 e. The molecule has 29 heavy (non-hydrogen) atoms. The average molecular weight is 400 g/mol. The standard InChI is InChI=1S/C21H24N2O6/c24-11-5-3-1-2-4-6-19(25)22-16-9-7-14(8-10-16)15-12-17(20(26)27)23-18(13-15)21(28)29/h7-13,20,26-27H,1-6H2,(H,22,25)(H,28,29). The second-order valence-corrected chi connectivity index (χ2v) is 6.59. The Bertz CT molecular complexity index is 849. The summed E-state index contributed by atoms with van der Waals surface area (Å²) in [6.45, 7) is 0. The second-order valence-electron chi connectivity index (χ2n) is 6.59. The van der Waals surface area contributed by atoms with Crippen LogP contribution in [0.5, 0.6) is 0 Å². The van der Waals surface area contributed by atoms with Crippen molar-refractivity contribution in [1.29, 1.82) is 0 Å². The highest BCUT2D eigenvalue weighted by atomic mass is 16.5. The summed E-state index contributed by atoms with van der Waals surface area (Å²) in [5, 5.41) is 30.6. The lowest BCUT2D eigenvalue weighted by Crippen LogP contribution is -2.11. The summed E-state index contributed by atoms with van der Waals surface area (Å²) in [5.41, 5.74) is 1.26. The van der Waals surface area contributed by atoms with Gasteiger partial charge in [0.05, 0.1) is 5.69 Å². The Labute approximate surface area is 168 Å². The van der Waals surface area contributed by atoms with Crippen LogP contribution in [0, 0.1) is 0 Å². The van der Waals surface area contributed by atoms with Crippen LogP contribution in [0.4, 0.5) is 5.69 Å². The number of aliphatic hydroxyl groups excluding tert-OH is 1. The minimum atomic E-state index is -1.88. The van der Waals surface area contributed by atoms with E-state index in [-0.39, 0.29) is 17.3 Å². The number of nitrogens with one attached hydrogen (secondary N) is 1. The number of amides is 1. The molecule has 0 saturated heterocycles. The quantitative estimate of drug-likeness (QED) is 0.258. The zero-order valence-electron chi connectivity index (χ0n) is 15.9. The van der Waals surface area contributed by atoms with Crippen LogP contribution >= 0.6 is 0 Å². The molecule has 0 radical (unpaired) electrons. The Morgan fingerprint density at radius 3 is 2.31 bits per heavy atom. The molecule has 1 amide bonds. The molecule has 2 rings (SSSR count). The number of carboxylic acids is 1. The van der Waals surface area contributed by atoms with Gasteiger partial charge < -0.3 is 25.4 Å². The first-order chi connectivity index (χ1) is 13.9. The number of aromatic nitrogens is 1. The monoisotopic (exact) mass is 400 g/mol. The van der Waals surface area contributed by atoms with E-state index in [1.54, 1.807) is 24.3 Å². The molecule has 0 unspecified atom stereocenters. The van der Waals surface area contributed by atoms with Gasteiger partial charge in [-0.15, -0.1) is 0 Å². The third-order valence-corrected chi connectivity index (χ3v) is 4.31. The number of aliphatic hydroxyl groups is 2. The predicted octanol–water partition coefficient (Wildman–Crippen LogP) is 2.91. The van der Waals surface area contributed by atoms with Crippen molar-refractivity contribution >= 4 is 23.9 Å². The van der Waals surface area contributed by atoms with Crippen LogP contribution in [0.2, 0.25) is 0 Å². The van der Waals surface area contributed by atoms with Gasteiger partial charge in [-0.3, -0.25) is 4.79 Å². The molecule has 154 valence electrons. The van der Waals surface area contributed by atoms with Crippen molar-refractivity contribution in [2.45, 2.75) is 44.8 Å². The van der Waals surface area contributed by atoms with E-state index in [2.05, 4.69) is 10.3 Å². The van der Waals surface area contributed by atoms with Crippen LogP contribution < -0.4 is 5.32 Å². The lowest BCUT2D eigenvalue weighted by Gasteiger charge is -2.10. The number of nitrogens with zero attached hydrogens (tertiary/aromatic N) is 1. The maximum Gasteiger partial charge on any atom is 0.354 e. The van der Waals surface area contributed by atoms with Crippen LogP contribution in [0.25, 0.3) is 11.1 Å². The fraction of sp³-hybridized carbons (Fsp3) is 0.333. The van der Waals surface area contributed by atoms with Gasteiger partial charge >= 0.3 is 5.97 Å². The maximum absolute atomic E-state index is 12.0. The van der Waals surface area contributed by atoms with Crippen LogP contribution in [0.1, 0.15) is 61.0 Å². The largest absolute Gasteiger partial charge is 0.477 e. The number of carboxylic acid groups (broad SMARTS) is 1. The first-order valence-corrected chi connectivity index (χ1v) is 9.36. The number of benzene rings is 1. The summed E-state index contributed by atoms with van der Waals surface area (Å²) in [7, 11) is 0. The number of carbonyl (C=O) groups excluding carboxylic acids is 2. The number of carbonyl (C=O) groups is 3. The first kappa shape index (κ1) is 22.2. The number of anilines is 1. The number of aldehydes is 1. The van der Waals surface area contributed by atoms with Gasteiger partial charge in [-0.05, 0) is 48.2 Å². The first-order valence-electron chi connectivity index (χ1n) is 9.36. The fourth-order valence-corrected chi connectivity index (χ4v) is 2.80. The highest BCUT2D eigenvalue weighted by Crippen LogP contribution is 2.25. The minimum absolute atomic E-state index is 0.101. The van der Waals surface area contributed by atoms with Crippen molar-refractivity contribution in [3.63, 3.8) is 0 Å². The molecule has 0 fully saturated rings. The molecule has 4 N–H and O–H groups in total. The van der Waals surface area contributed by atoms with Crippen molar-refractivity contribution in [3.8, 4) is 11.1 Å². The number of unbranched alkanes of at least 4 members (excludes halogenated alkanes) is 4. The van der Waals surface area contributed by atoms with Gasteiger partial charge in [0.1, 0.15) is 12.0 Å². The van der Waals surface area contributed by atoms with Gasteiger partial charge in [-0.1, -0.05) is 25.0 Å². The molecule has 0 spiro atoms. The molecule has 0 aliphatic heterocycles. The second kappa shape index (κ2) is 11.0. The van der Waals surface area contributed by atoms with Crippen molar-refractivity contribution in [2.75, 3.05) is 5.32 Å². The number of rotatable bonds is 11. The molecule has 1 aromatic carbocycles. The normalized spacial score (nSPS) is 10.7. The number of aromatic carboxylic acids is 1. The molecule has 1 aromatic heterocycles. The zero-order chi connectivity index (χ0) is 21.2. The van der Waals surface area contributed by atoms with Crippen LogP contribution in [0.15, 0.2) is 36.4 Å². The van der Waals surface area contributed by atoms with Crippen LogP contribution in [-0.4, -0.2) is 38.5 Å². The summed E-state index contributed by atoms with van der Waals surface area (Å²) >= 11 is 0. The van der Waals surface area contributed by atoms with Crippen molar-refractivity contribution in [2.24, 2.45) is 0 Å². The Kier molecular flexibility index (Phi) is 8.45. The summed E-state index contributed by atoms with van der Waals surface area (Å²) in [6.07, 6.45) is 3.39. The van der Waals surface area contributed by atoms with Gasteiger partial charge in [-0.2, -0.15) is 0 Å². The average Bonchev–Trinajstić information content (AvgIpc) is 2.70. The predicted molar refractivity (Wildman–Crippen MR) is 106 cm³/mol. The fourth-order valence-electron chi connectivity index (χ4n) is 2.80. The van der Waals surface area contributed by atoms with E-state index in [1.165, 1.54) is 12.1 Å². The summed E-state index contributed by atoms with van der Waals surface area (Å²) in [4.78, 5) is 37.1. The number of hydrogen-bond acceptors (Lipinski definition) is 6. The van der Waals surface area contributed by atoms with Gasteiger partial charge in [0.2, 0.25) is 5.91 Å². The molecular weight excluding hydrogens is 376 g/mol. The molecule has 8 heteroatoms. The van der Waals surface area contributed by atoms with E-state index in [9.17, 15) is 24.6 Å². The van der Waals surface area contributed by atoms with Crippen LogP contribution in [0.3, 0.4) is 0 Å². The van der Waals surface area contributed by atoms with Crippen molar-refractivity contribution in [1.82, 2.24) is 4.98 Å². The highest BCUT2D eigenvalue weighted by molar-refractivity contribution is 5.91. The van der Waals surface area contributed by atoms with Gasteiger partial charge in [0.15, 0.2) is 6.29 Å². The van der Waals surface area contributed by atoms with Crippen LogP contribution in [-0.2, 0) is 9.59 Å². The molecule has 1 heterocycles. The number of pyridine rings is 1.